The molecule has 6 nitrogen and oxygen atoms in total. The van der Waals surface area contributed by atoms with E-state index < -0.39 is 35.2 Å². The van der Waals surface area contributed by atoms with Gasteiger partial charge in [0.05, 0.1) is 11.1 Å². The predicted molar refractivity (Wildman–Crippen MR) is 140 cm³/mol. The van der Waals surface area contributed by atoms with Crippen molar-refractivity contribution in [2.75, 3.05) is 36.4 Å². The molecule has 4 rings (SSSR count). The first-order chi connectivity index (χ1) is 18.7. The van der Waals surface area contributed by atoms with Crippen molar-refractivity contribution in [1.82, 2.24) is 14.9 Å². The zero-order chi connectivity index (χ0) is 29.2. The average Bonchev–Trinajstić information content (AvgIpc) is 2.89. The monoisotopic (exact) mass is 585 g/mol. The summed E-state index contributed by atoms with van der Waals surface area (Å²) in [5.74, 6) is 1.32. The number of nitrogens with zero attached hydrogens (tertiary/aromatic N) is 4. The number of aromatic nitrogens is 2. The lowest BCUT2D eigenvalue weighted by molar-refractivity contribution is -0.143. The molecule has 2 heterocycles. The molecule has 13 heteroatoms. The molecule has 0 bridgehead atoms. The van der Waals surface area contributed by atoms with E-state index in [0.29, 0.717) is 48.9 Å². The van der Waals surface area contributed by atoms with E-state index in [4.69, 9.17) is 11.6 Å². The first-order valence-corrected chi connectivity index (χ1v) is 12.8. The van der Waals surface area contributed by atoms with Crippen molar-refractivity contribution in [1.29, 1.82) is 0 Å². The Kier molecular flexibility index (Phi) is 8.48. The molecule has 0 aliphatic carbocycles. The van der Waals surface area contributed by atoms with E-state index in [1.54, 1.807) is 19.1 Å². The Morgan fingerprint density at radius 2 is 1.50 bits per heavy atom. The number of hydrogen-bond acceptors (Lipinski definition) is 4. The molecule has 1 N–H and O–H groups in total. The van der Waals surface area contributed by atoms with Gasteiger partial charge in [0.25, 0.3) is 0 Å². The number of aryl methyl sites for hydroxylation is 2. The number of urea groups is 1. The van der Waals surface area contributed by atoms with Gasteiger partial charge in [0.1, 0.15) is 11.6 Å². The van der Waals surface area contributed by atoms with Crippen molar-refractivity contribution < 1.29 is 31.1 Å². The van der Waals surface area contributed by atoms with Gasteiger partial charge in [0, 0.05) is 54.6 Å². The first-order valence-electron chi connectivity index (χ1n) is 12.5. The third-order valence-corrected chi connectivity index (χ3v) is 6.77. The van der Waals surface area contributed by atoms with E-state index >= 15 is 0 Å². The summed E-state index contributed by atoms with van der Waals surface area (Å²) in [4.78, 5) is 25.5. The van der Waals surface area contributed by atoms with Crippen LogP contribution in [0.4, 0.5) is 42.6 Å². The van der Waals surface area contributed by atoms with Crippen molar-refractivity contribution in [3.63, 3.8) is 0 Å². The highest BCUT2D eigenvalue weighted by molar-refractivity contribution is 6.30. The Morgan fingerprint density at radius 3 is 2.02 bits per heavy atom. The van der Waals surface area contributed by atoms with Gasteiger partial charge in [-0.3, -0.25) is 0 Å². The standard InChI is InChI=1S/C27H26ClF6N5O/c1-3-23-22(12-17-4-6-20(28)7-5-17)24(36-16(2)35-23)38-8-10-39(11-9-38)25(40)37-21-14-18(26(29,30)31)13-19(15-21)27(32,33)34/h4-7,13-15H,3,8-12H2,1-2H3,(H,37,40). The SMILES string of the molecule is CCc1nc(C)nc(N2CCN(C(=O)Nc3cc(C(F)(F)F)cc(C(F)(F)F)c3)CC2)c1Cc1ccc(Cl)cc1. The number of anilines is 2. The molecule has 0 atom stereocenters. The number of piperazine rings is 1. The first kappa shape index (κ1) is 29.4. The van der Waals surface area contributed by atoms with Crippen molar-refractivity contribution in [2.24, 2.45) is 0 Å². The van der Waals surface area contributed by atoms with Gasteiger partial charge < -0.3 is 15.1 Å². The van der Waals surface area contributed by atoms with Crippen LogP contribution >= 0.6 is 11.6 Å². The largest absolute Gasteiger partial charge is 0.416 e. The summed E-state index contributed by atoms with van der Waals surface area (Å²) in [5.41, 5.74) is -0.730. The van der Waals surface area contributed by atoms with Gasteiger partial charge in [-0.2, -0.15) is 26.3 Å². The molecule has 0 unspecified atom stereocenters. The van der Waals surface area contributed by atoms with Crippen LogP contribution < -0.4 is 10.2 Å². The van der Waals surface area contributed by atoms with Gasteiger partial charge in [-0.25, -0.2) is 14.8 Å². The highest BCUT2D eigenvalue weighted by Crippen LogP contribution is 2.37. The van der Waals surface area contributed by atoms with Crippen LogP contribution in [0.25, 0.3) is 0 Å². The predicted octanol–water partition coefficient (Wildman–Crippen LogP) is 6.98. The molecular weight excluding hydrogens is 560 g/mol. The maximum Gasteiger partial charge on any atom is 0.416 e. The van der Waals surface area contributed by atoms with Crippen LogP contribution in [-0.2, 0) is 25.2 Å². The third kappa shape index (κ3) is 6.96. The fraction of sp³-hybridized carbons (Fsp3) is 0.370. The van der Waals surface area contributed by atoms with Gasteiger partial charge >= 0.3 is 18.4 Å². The lowest BCUT2D eigenvalue weighted by atomic mass is 10.0. The summed E-state index contributed by atoms with van der Waals surface area (Å²) in [6.07, 6.45) is -8.78. The number of benzene rings is 2. The summed E-state index contributed by atoms with van der Waals surface area (Å²) in [6, 6.07) is 7.65. The normalized spacial score (nSPS) is 14.4. The molecule has 2 aromatic carbocycles. The Labute approximate surface area is 232 Å². The van der Waals surface area contributed by atoms with Crippen LogP contribution in [-0.4, -0.2) is 47.1 Å². The second kappa shape index (κ2) is 11.5. The van der Waals surface area contributed by atoms with Gasteiger partial charge in [0.2, 0.25) is 0 Å². The number of rotatable bonds is 5. The van der Waals surface area contributed by atoms with Crippen molar-refractivity contribution in [3.05, 3.63) is 81.3 Å². The Morgan fingerprint density at radius 1 is 0.925 bits per heavy atom. The number of nitrogens with one attached hydrogen (secondary N) is 1. The van der Waals surface area contributed by atoms with Crippen molar-refractivity contribution in [2.45, 2.75) is 39.0 Å². The summed E-state index contributed by atoms with van der Waals surface area (Å²) < 4.78 is 79.1. The van der Waals surface area contributed by atoms with E-state index in [1.807, 2.05) is 24.0 Å². The van der Waals surface area contributed by atoms with E-state index in [1.165, 1.54) is 4.90 Å². The number of carbonyl (C=O) groups excluding carboxylic acids is 1. The molecule has 2 amide bonds. The minimum atomic E-state index is -5.01. The minimum Gasteiger partial charge on any atom is -0.353 e. The van der Waals surface area contributed by atoms with Gasteiger partial charge in [-0.15, -0.1) is 0 Å². The minimum absolute atomic E-state index is 0.0182. The molecule has 0 saturated carbocycles. The van der Waals surface area contributed by atoms with Crippen LogP contribution in [0.2, 0.25) is 5.02 Å². The molecule has 1 aromatic heterocycles. The molecule has 1 fully saturated rings. The van der Waals surface area contributed by atoms with Gasteiger partial charge in [-0.1, -0.05) is 30.7 Å². The fourth-order valence-electron chi connectivity index (χ4n) is 4.53. The fourth-order valence-corrected chi connectivity index (χ4v) is 4.66. The molecule has 214 valence electrons. The Balaban J connectivity index is 1.51. The Bertz CT molecular complexity index is 1340. The molecule has 0 spiro atoms. The maximum atomic E-state index is 13.2. The smallest absolute Gasteiger partial charge is 0.353 e. The highest BCUT2D eigenvalue weighted by atomic mass is 35.5. The topological polar surface area (TPSA) is 61.4 Å². The number of carbonyl (C=O) groups is 1. The van der Waals surface area contributed by atoms with Crippen molar-refractivity contribution in [3.8, 4) is 0 Å². The highest BCUT2D eigenvalue weighted by Gasteiger charge is 2.37. The summed E-state index contributed by atoms with van der Waals surface area (Å²) in [6.45, 7) is 4.87. The second-order valence-corrected chi connectivity index (χ2v) is 9.81. The maximum absolute atomic E-state index is 13.2. The van der Waals surface area contributed by atoms with Gasteiger partial charge in [0.15, 0.2) is 0 Å². The number of alkyl halides is 6. The average molecular weight is 586 g/mol. The summed E-state index contributed by atoms with van der Waals surface area (Å²) in [7, 11) is 0. The van der Waals surface area contributed by atoms with Crippen LogP contribution in [0.5, 0.6) is 0 Å². The third-order valence-electron chi connectivity index (χ3n) is 6.52. The van der Waals surface area contributed by atoms with E-state index in [2.05, 4.69) is 15.3 Å². The summed E-state index contributed by atoms with van der Waals surface area (Å²) >= 11 is 6.02. The van der Waals surface area contributed by atoms with Crippen LogP contribution in [0, 0.1) is 6.92 Å². The quantitative estimate of drug-likeness (QED) is 0.328. The molecule has 1 saturated heterocycles. The molecule has 1 aliphatic heterocycles. The second-order valence-electron chi connectivity index (χ2n) is 9.38. The van der Waals surface area contributed by atoms with Crippen LogP contribution in [0.15, 0.2) is 42.5 Å². The van der Waals surface area contributed by atoms with E-state index in [9.17, 15) is 31.1 Å². The lowest BCUT2D eigenvalue weighted by Crippen LogP contribution is -2.50. The lowest BCUT2D eigenvalue weighted by Gasteiger charge is -2.36. The molecule has 40 heavy (non-hydrogen) atoms. The van der Waals surface area contributed by atoms with Crippen molar-refractivity contribution >= 4 is 29.1 Å². The number of halogens is 7. The molecule has 0 radical (unpaired) electrons. The number of hydrogen-bond donors (Lipinski definition) is 1. The Hall–Kier alpha value is -3.54. The molecular formula is C27H26ClF6N5O. The van der Waals surface area contributed by atoms with Gasteiger partial charge in [-0.05, 0) is 49.2 Å². The van der Waals surface area contributed by atoms with E-state index in [0.717, 1.165) is 22.6 Å². The zero-order valence-corrected chi connectivity index (χ0v) is 22.4. The zero-order valence-electron chi connectivity index (χ0n) is 21.6. The molecule has 1 aliphatic rings. The molecule has 3 aromatic rings. The summed E-state index contributed by atoms with van der Waals surface area (Å²) in [5, 5.41) is 2.82. The van der Waals surface area contributed by atoms with Crippen LogP contribution in [0.3, 0.4) is 0 Å². The number of amides is 2. The van der Waals surface area contributed by atoms with Crippen LogP contribution in [0.1, 0.15) is 40.7 Å². The van der Waals surface area contributed by atoms with E-state index in [-0.39, 0.29) is 19.2 Å².